The Labute approximate surface area is 99.3 Å². The van der Waals surface area contributed by atoms with Gasteiger partial charge in [0, 0.05) is 6.04 Å². The average Bonchev–Trinajstić information content (AvgIpc) is 2.52. The molecule has 1 aliphatic carbocycles. The summed E-state index contributed by atoms with van der Waals surface area (Å²) in [5.74, 6) is 1.47. The molecule has 0 bridgehead atoms. The summed E-state index contributed by atoms with van der Waals surface area (Å²) >= 11 is 0. The van der Waals surface area contributed by atoms with Gasteiger partial charge >= 0.3 is 0 Å². The molecular weight excluding hydrogens is 194 g/mol. The van der Waals surface area contributed by atoms with Crippen LogP contribution >= 0.6 is 0 Å². The van der Waals surface area contributed by atoms with E-state index in [9.17, 15) is 0 Å². The Morgan fingerprint density at radius 2 is 2.12 bits per heavy atom. The van der Waals surface area contributed by atoms with E-state index in [0.29, 0.717) is 6.04 Å². The molecule has 0 aliphatic heterocycles. The average molecular weight is 217 g/mol. The van der Waals surface area contributed by atoms with Gasteiger partial charge in [0.15, 0.2) is 0 Å². The third-order valence-corrected chi connectivity index (χ3v) is 3.61. The number of hydrogen-bond donors (Lipinski definition) is 1. The summed E-state index contributed by atoms with van der Waals surface area (Å²) in [5, 5.41) is 3.45. The highest BCUT2D eigenvalue weighted by molar-refractivity contribution is 5.39. The fourth-order valence-corrected chi connectivity index (χ4v) is 2.93. The van der Waals surface area contributed by atoms with E-state index in [1.807, 2.05) is 0 Å². The normalized spacial score (nSPS) is 23.8. The van der Waals surface area contributed by atoms with Gasteiger partial charge in [-0.25, -0.2) is 0 Å². The van der Waals surface area contributed by atoms with Crippen LogP contribution in [0.15, 0.2) is 18.2 Å². The Morgan fingerprint density at radius 3 is 2.75 bits per heavy atom. The zero-order chi connectivity index (χ0) is 11.7. The Hall–Kier alpha value is -0.820. The van der Waals surface area contributed by atoms with Crippen molar-refractivity contribution in [3.8, 4) is 0 Å². The molecule has 16 heavy (non-hydrogen) atoms. The Bertz CT molecular complexity index is 368. The second kappa shape index (κ2) is 4.58. The van der Waals surface area contributed by atoms with Gasteiger partial charge in [0.1, 0.15) is 0 Å². The largest absolute Gasteiger partial charge is 0.313 e. The number of rotatable bonds is 3. The minimum absolute atomic E-state index is 0.558. The predicted molar refractivity (Wildman–Crippen MR) is 69.7 cm³/mol. The molecule has 0 saturated heterocycles. The van der Waals surface area contributed by atoms with Crippen molar-refractivity contribution in [2.45, 2.75) is 39.7 Å². The van der Waals surface area contributed by atoms with Crippen LogP contribution in [-0.2, 0) is 12.8 Å². The number of hydrogen-bond acceptors (Lipinski definition) is 1. The maximum atomic E-state index is 3.45. The third kappa shape index (κ3) is 2.15. The molecule has 1 aliphatic rings. The van der Waals surface area contributed by atoms with Gasteiger partial charge in [0.25, 0.3) is 0 Å². The molecule has 0 spiro atoms. The molecule has 2 unspecified atom stereocenters. The van der Waals surface area contributed by atoms with E-state index in [2.05, 4.69) is 51.3 Å². The van der Waals surface area contributed by atoms with Crippen molar-refractivity contribution in [1.82, 2.24) is 5.32 Å². The molecule has 1 aromatic rings. The van der Waals surface area contributed by atoms with Gasteiger partial charge in [-0.1, -0.05) is 39.0 Å². The number of nitrogens with one attached hydrogen (secondary N) is 1. The van der Waals surface area contributed by atoms with Gasteiger partial charge in [0.05, 0.1) is 0 Å². The summed E-state index contributed by atoms with van der Waals surface area (Å²) in [7, 11) is 2.07. The monoisotopic (exact) mass is 217 g/mol. The van der Waals surface area contributed by atoms with Crippen LogP contribution in [0.2, 0.25) is 0 Å². The van der Waals surface area contributed by atoms with E-state index in [-0.39, 0.29) is 0 Å². The van der Waals surface area contributed by atoms with Crippen LogP contribution < -0.4 is 5.32 Å². The highest BCUT2D eigenvalue weighted by Crippen LogP contribution is 2.36. The van der Waals surface area contributed by atoms with Crippen molar-refractivity contribution in [3.63, 3.8) is 0 Å². The van der Waals surface area contributed by atoms with Crippen LogP contribution in [0.4, 0.5) is 0 Å². The van der Waals surface area contributed by atoms with Gasteiger partial charge in [-0.3, -0.25) is 0 Å². The molecule has 88 valence electrons. The predicted octanol–water partition coefficient (Wildman–Crippen LogP) is 3.34. The topological polar surface area (TPSA) is 12.0 Å². The zero-order valence-corrected chi connectivity index (χ0v) is 10.9. The molecule has 1 N–H and O–H groups in total. The summed E-state index contributed by atoms with van der Waals surface area (Å²) in [4.78, 5) is 0. The summed E-state index contributed by atoms with van der Waals surface area (Å²) in [6.45, 7) is 6.90. The van der Waals surface area contributed by atoms with Crippen LogP contribution in [0, 0.1) is 11.8 Å². The van der Waals surface area contributed by atoms with Gasteiger partial charge in [-0.15, -0.1) is 0 Å². The van der Waals surface area contributed by atoms with Crippen molar-refractivity contribution in [1.29, 1.82) is 0 Å². The highest BCUT2D eigenvalue weighted by Gasteiger charge is 2.27. The second-order valence-electron chi connectivity index (χ2n) is 5.58. The molecular formula is C15H23N. The molecule has 0 aromatic heterocycles. The van der Waals surface area contributed by atoms with E-state index in [1.54, 1.807) is 5.56 Å². The lowest BCUT2D eigenvalue weighted by atomic mass is 9.97. The quantitative estimate of drug-likeness (QED) is 0.819. The molecule has 0 radical (unpaired) electrons. The van der Waals surface area contributed by atoms with Crippen molar-refractivity contribution >= 4 is 0 Å². The lowest BCUT2D eigenvalue weighted by Crippen LogP contribution is -2.19. The van der Waals surface area contributed by atoms with E-state index in [4.69, 9.17) is 0 Å². The Morgan fingerprint density at radius 1 is 1.38 bits per heavy atom. The molecule has 2 atom stereocenters. The van der Waals surface area contributed by atoms with Gasteiger partial charge in [-0.05, 0) is 48.4 Å². The minimum Gasteiger partial charge on any atom is -0.313 e. The fourth-order valence-electron chi connectivity index (χ4n) is 2.93. The van der Waals surface area contributed by atoms with E-state index in [1.165, 1.54) is 24.0 Å². The zero-order valence-electron chi connectivity index (χ0n) is 10.9. The summed E-state index contributed by atoms with van der Waals surface area (Å²) in [6, 6.07) is 7.62. The second-order valence-corrected chi connectivity index (χ2v) is 5.58. The van der Waals surface area contributed by atoms with Crippen LogP contribution in [-0.4, -0.2) is 7.05 Å². The van der Waals surface area contributed by atoms with E-state index >= 15 is 0 Å². The SMILES string of the molecule is CNC1c2cc(CC(C)C)ccc2CC1C. The molecule has 0 heterocycles. The molecule has 1 nitrogen and oxygen atoms in total. The smallest absolute Gasteiger partial charge is 0.0349 e. The lowest BCUT2D eigenvalue weighted by Gasteiger charge is -2.16. The molecule has 2 rings (SSSR count). The van der Waals surface area contributed by atoms with E-state index in [0.717, 1.165) is 11.8 Å². The summed E-state index contributed by atoms with van der Waals surface area (Å²) < 4.78 is 0. The van der Waals surface area contributed by atoms with Gasteiger partial charge in [0.2, 0.25) is 0 Å². The minimum atomic E-state index is 0.558. The first kappa shape index (κ1) is 11.7. The van der Waals surface area contributed by atoms with Gasteiger partial charge < -0.3 is 5.32 Å². The number of benzene rings is 1. The Kier molecular flexibility index (Phi) is 3.34. The maximum Gasteiger partial charge on any atom is 0.0349 e. The van der Waals surface area contributed by atoms with Crippen molar-refractivity contribution < 1.29 is 0 Å². The molecule has 1 aromatic carbocycles. The number of fused-ring (bicyclic) bond motifs is 1. The molecule has 1 heteroatoms. The van der Waals surface area contributed by atoms with Crippen LogP contribution in [0.1, 0.15) is 43.5 Å². The van der Waals surface area contributed by atoms with Crippen molar-refractivity contribution in [3.05, 3.63) is 34.9 Å². The maximum absolute atomic E-state index is 3.45. The first-order valence-electron chi connectivity index (χ1n) is 6.40. The van der Waals surface area contributed by atoms with Crippen LogP contribution in [0.5, 0.6) is 0 Å². The first-order valence-corrected chi connectivity index (χ1v) is 6.40. The first-order chi connectivity index (χ1) is 7.61. The van der Waals surface area contributed by atoms with Crippen molar-refractivity contribution in [2.75, 3.05) is 7.05 Å². The molecule has 0 fully saturated rings. The van der Waals surface area contributed by atoms with Crippen LogP contribution in [0.3, 0.4) is 0 Å². The molecule has 0 amide bonds. The molecule has 0 saturated carbocycles. The van der Waals surface area contributed by atoms with Crippen molar-refractivity contribution in [2.24, 2.45) is 11.8 Å². The third-order valence-electron chi connectivity index (χ3n) is 3.61. The van der Waals surface area contributed by atoms with Crippen LogP contribution in [0.25, 0.3) is 0 Å². The Balaban J connectivity index is 2.28. The highest BCUT2D eigenvalue weighted by atomic mass is 14.9. The standard InChI is InChI=1S/C15H23N/c1-10(2)7-12-5-6-13-8-11(3)15(16-4)14(13)9-12/h5-6,9-11,15-16H,7-8H2,1-4H3. The summed E-state index contributed by atoms with van der Waals surface area (Å²) in [6.07, 6.45) is 2.42. The summed E-state index contributed by atoms with van der Waals surface area (Å²) in [5.41, 5.74) is 4.57. The van der Waals surface area contributed by atoms with E-state index < -0.39 is 0 Å². The van der Waals surface area contributed by atoms with Gasteiger partial charge in [-0.2, -0.15) is 0 Å². The fraction of sp³-hybridized carbons (Fsp3) is 0.600. The lowest BCUT2D eigenvalue weighted by molar-refractivity contribution is 0.446.